The van der Waals surface area contributed by atoms with Crippen LogP contribution in [-0.2, 0) is 6.18 Å². The molecule has 2 aromatic rings. The minimum absolute atomic E-state index is 0.369. The van der Waals surface area contributed by atoms with Crippen molar-refractivity contribution >= 4 is 27.3 Å². The van der Waals surface area contributed by atoms with Crippen LogP contribution in [0, 0.1) is 0 Å². The molecular weight excluding hydrogens is 481 g/mol. The fraction of sp³-hybridized carbons (Fsp3) is 0.520. The highest BCUT2D eigenvalue weighted by molar-refractivity contribution is 9.09. The van der Waals surface area contributed by atoms with Crippen LogP contribution >= 0.6 is 15.9 Å². The highest BCUT2D eigenvalue weighted by Gasteiger charge is 2.29. The first-order valence-electron chi connectivity index (χ1n) is 11.4. The maximum Gasteiger partial charge on any atom is 0.416 e. The molecule has 0 aliphatic rings. The molecular formula is C25H32BrF3N2O. The molecule has 0 aliphatic heterocycles. The van der Waals surface area contributed by atoms with Crippen LogP contribution in [0.15, 0.2) is 58.8 Å². The third-order valence-corrected chi connectivity index (χ3v) is 5.67. The number of halogens is 4. The van der Waals surface area contributed by atoms with Crippen molar-refractivity contribution in [2.75, 3.05) is 11.9 Å². The second kappa shape index (κ2) is 15.0. The molecule has 0 fully saturated rings. The molecule has 7 heteroatoms. The summed E-state index contributed by atoms with van der Waals surface area (Å²) < 4.78 is 43.5. The molecule has 0 aromatic heterocycles. The van der Waals surface area contributed by atoms with Gasteiger partial charge in [-0.2, -0.15) is 23.4 Å². The molecule has 0 heterocycles. The highest BCUT2D eigenvalue weighted by Crippen LogP contribution is 2.30. The summed E-state index contributed by atoms with van der Waals surface area (Å²) in [7, 11) is 0. The van der Waals surface area contributed by atoms with Gasteiger partial charge in [0.1, 0.15) is 5.75 Å². The number of azo groups is 1. The van der Waals surface area contributed by atoms with E-state index in [1.807, 2.05) is 12.1 Å². The van der Waals surface area contributed by atoms with Crippen molar-refractivity contribution in [3.8, 4) is 5.75 Å². The highest BCUT2D eigenvalue weighted by atomic mass is 79.9. The lowest BCUT2D eigenvalue weighted by atomic mass is 10.1. The second-order valence-electron chi connectivity index (χ2n) is 7.81. The topological polar surface area (TPSA) is 34.0 Å². The Kier molecular flexibility index (Phi) is 12.4. The van der Waals surface area contributed by atoms with E-state index in [0.29, 0.717) is 18.0 Å². The van der Waals surface area contributed by atoms with Gasteiger partial charge in [-0.15, -0.1) is 0 Å². The van der Waals surface area contributed by atoms with Gasteiger partial charge in [0.2, 0.25) is 0 Å². The predicted octanol–water partition coefficient (Wildman–Crippen LogP) is 9.80. The number of benzene rings is 2. The van der Waals surface area contributed by atoms with Crippen molar-refractivity contribution < 1.29 is 17.9 Å². The van der Waals surface area contributed by atoms with Crippen LogP contribution in [0.4, 0.5) is 24.5 Å². The standard InChI is InChI=1S/C25H32BrF3N2O/c26-19-9-7-5-3-1-2-4-6-8-10-20-32-24-17-15-23(16-18-24)31-30-22-13-11-21(12-14-22)25(27,28)29/h11-18H,1-10,19-20H2. The SMILES string of the molecule is FC(F)(F)c1ccc(N=Nc2ccc(OCCCCCCCCCCCCBr)cc2)cc1. The predicted molar refractivity (Wildman–Crippen MR) is 128 cm³/mol. The summed E-state index contributed by atoms with van der Waals surface area (Å²) in [5, 5.41) is 9.16. The normalized spacial score (nSPS) is 11.9. The number of unbranched alkanes of at least 4 members (excludes halogenated alkanes) is 9. The molecule has 176 valence electrons. The fourth-order valence-electron chi connectivity index (χ4n) is 3.24. The lowest BCUT2D eigenvalue weighted by Crippen LogP contribution is -2.03. The third-order valence-electron chi connectivity index (χ3n) is 5.11. The Morgan fingerprint density at radius 1 is 0.625 bits per heavy atom. The number of hydrogen-bond donors (Lipinski definition) is 0. The van der Waals surface area contributed by atoms with E-state index in [-0.39, 0.29) is 0 Å². The minimum atomic E-state index is -4.35. The van der Waals surface area contributed by atoms with E-state index in [1.54, 1.807) is 12.1 Å². The van der Waals surface area contributed by atoms with E-state index >= 15 is 0 Å². The Morgan fingerprint density at radius 2 is 1.06 bits per heavy atom. The molecule has 2 aromatic carbocycles. The van der Waals surface area contributed by atoms with E-state index in [0.717, 1.165) is 29.6 Å². The molecule has 0 amide bonds. The van der Waals surface area contributed by atoms with Crippen LogP contribution in [0.1, 0.15) is 69.8 Å². The van der Waals surface area contributed by atoms with Crippen LogP contribution in [0.25, 0.3) is 0 Å². The van der Waals surface area contributed by atoms with E-state index in [9.17, 15) is 13.2 Å². The van der Waals surface area contributed by atoms with Gasteiger partial charge in [0.05, 0.1) is 23.5 Å². The average molecular weight is 513 g/mol. The van der Waals surface area contributed by atoms with Crippen molar-refractivity contribution in [1.29, 1.82) is 0 Å². The summed E-state index contributed by atoms with van der Waals surface area (Å²) in [4.78, 5) is 0. The summed E-state index contributed by atoms with van der Waals surface area (Å²) in [6, 6.07) is 11.8. The second-order valence-corrected chi connectivity index (χ2v) is 8.60. The zero-order chi connectivity index (χ0) is 23.1. The van der Waals surface area contributed by atoms with Gasteiger partial charge >= 0.3 is 6.18 Å². The zero-order valence-corrected chi connectivity index (χ0v) is 20.0. The Labute approximate surface area is 197 Å². The van der Waals surface area contributed by atoms with E-state index in [4.69, 9.17) is 4.74 Å². The van der Waals surface area contributed by atoms with Crippen LogP contribution in [0.2, 0.25) is 0 Å². The Bertz CT molecular complexity index is 777. The van der Waals surface area contributed by atoms with Gasteiger partial charge in [-0.3, -0.25) is 0 Å². The molecule has 0 N–H and O–H groups in total. The van der Waals surface area contributed by atoms with Gasteiger partial charge in [0.15, 0.2) is 0 Å². The fourth-order valence-corrected chi connectivity index (χ4v) is 3.64. The van der Waals surface area contributed by atoms with Gasteiger partial charge in [-0.05, 0) is 61.4 Å². The van der Waals surface area contributed by atoms with E-state index in [1.165, 1.54) is 69.9 Å². The van der Waals surface area contributed by atoms with Crippen molar-refractivity contribution in [2.45, 2.75) is 70.4 Å². The van der Waals surface area contributed by atoms with Crippen LogP contribution in [-0.4, -0.2) is 11.9 Å². The Hall–Kier alpha value is -1.89. The average Bonchev–Trinajstić information content (AvgIpc) is 2.79. The van der Waals surface area contributed by atoms with Gasteiger partial charge in [-0.25, -0.2) is 0 Å². The largest absolute Gasteiger partial charge is 0.494 e. The van der Waals surface area contributed by atoms with Gasteiger partial charge < -0.3 is 4.74 Å². The first-order chi connectivity index (χ1) is 15.5. The Morgan fingerprint density at radius 3 is 1.53 bits per heavy atom. The maximum absolute atomic E-state index is 12.6. The summed E-state index contributed by atoms with van der Waals surface area (Å²) >= 11 is 3.47. The molecule has 32 heavy (non-hydrogen) atoms. The minimum Gasteiger partial charge on any atom is -0.494 e. The molecule has 0 unspecified atom stereocenters. The lowest BCUT2D eigenvalue weighted by Gasteiger charge is -2.06. The monoisotopic (exact) mass is 512 g/mol. The van der Waals surface area contributed by atoms with Crippen molar-refractivity contribution in [3.63, 3.8) is 0 Å². The van der Waals surface area contributed by atoms with Crippen LogP contribution in [0.5, 0.6) is 5.75 Å². The number of alkyl halides is 4. The third kappa shape index (κ3) is 11.1. The van der Waals surface area contributed by atoms with Crippen molar-refractivity contribution in [1.82, 2.24) is 0 Å². The lowest BCUT2D eigenvalue weighted by molar-refractivity contribution is -0.137. The molecule has 0 atom stereocenters. The summed E-state index contributed by atoms with van der Waals surface area (Å²) in [6.07, 6.45) is 8.46. The maximum atomic E-state index is 12.6. The molecule has 0 saturated heterocycles. The van der Waals surface area contributed by atoms with Crippen LogP contribution in [0.3, 0.4) is 0 Å². The van der Waals surface area contributed by atoms with Crippen molar-refractivity contribution in [2.24, 2.45) is 10.2 Å². The summed E-state index contributed by atoms with van der Waals surface area (Å²) in [6.45, 7) is 0.693. The number of ether oxygens (including phenoxy) is 1. The molecule has 0 aliphatic carbocycles. The van der Waals surface area contributed by atoms with Gasteiger partial charge in [0, 0.05) is 5.33 Å². The first kappa shape index (κ1) is 26.4. The van der Waals surface area contributed by atoms with Gasteiger partial charge in [0.25, 0.3) is 0 Å². The van der Waals surface area contributed by atoms with Crippen molar-refractivity contribution in [3.05, 3.63) is 54.1 Å². The number of rotatable bonds is 15. The quantitative estimate of drug-likeness (QED) is 0.133. The summed E-state index contributed by atoms with van der Waals surface area (Å²) in [5.74, 6) is 0.780. The molecule has 0 spiro atoms. The Balaban J connectivity index is 1.57. The smallest absolute Gasteiger partial charge is 0.416 e. The van der Waals surface area contributed by atoms with Crippen LogP contribution < -0.4 is 4.74 Å². The number of nitrogens with zero attached hydrogens (tertiary/aromatic N) is 2. The molecule has 0 radical (unpaired) electrons. The van der Waals surface area contributed by atoms with E-state index < -0.39 is 11.7 Å². The molecule has 2 rings (SSSR count). The molecule has 3 nitrogen and oxygen atoms in total. The zero-order valence-electron chi connectivity index (χ0n) is 18.4. The van der Waals surface area contributed by atoms with Gasteiger partial charge in [-0.1, -0.05) is 67.3 Å². The molecule has 0 bridgehead atoms. The summed E-state index contributed by atoms with van der Waals surface area (Å²) in [5.41, 5.74) is 0.284. The molecule has 0 saturated carbocycles. The number of hydrogen-bond acceptors (Lipinski definition) is 3. The van der Waals surface area contributed by atoms with E-state index in [2.05, 4.69) is 26.2 Å². The first-order valence-corrected chi connectivity index (χ1v) is 12.5.